The van der Waals surface area contributed by atoms with Crippen molar-refractivity contribution in [1.82, 2.24) is 0 Å². The molecule has 1 heterocycles. The minimum absolute atomic E-state index is 0.612. The SMILES string of the molecule is Cc1cccc(COc2ccc(C3SCCS3)cc2)c1. The second-order valence-electron chi connectivity index (χ2n) is 4.92. The molecule has 0 radical (unpaired) electrons. The summed E-state index contributed by atoms with van der Waals surface area (Å²) in [5.74, 6) is 3.48. The predicted octanol–water partition coefficient (Wildman–Crippen LogP) is 5.05. The van der Waals surface area contributed by atoms with Crippen LogP contribution in [0, 0.1) is 6.92 Å². The molecule has 0 saturated carbocycles. The van der Waals surface area contributed by atoms with E-state index in [1.165, 1.54) is 28.2 Å². The largest absolute Gasteiger partial charge is 0.489 e. The molecule has 3 rings (SSSR count). The lowest BCUT2D eigenvalue weighted by Gasteiger charge is -2.10. The summed E-state index contributed by atoms with van der Waals surface area (Å²) in [5.41, 5.74) is 3.90. The summed E-state index contributed by atoms with van der Waals surface area (Å²) in [6.45, 7) is 2.74. The molecule has 2 aromatic rings. The van der Waals surface area contributed by atoms with E-state index in [9.17, 15) is 0 Å². The maximum Gasteiger partial charge on any atom is 0.119 e. The van der Waals surface area contributed by atoms with Gasteiger partial charge in [0.15, 0.2) is 0 Å². The molecule has 1 fully saturated rings. The topological polar surface area (TPSA) is 9.23 Å². The Morgan fingerprint density at radius 3 is 2.50 bits per heavy atom. The number of thioether (sulfide) groups is 2. The molecule has 1 aliphatic heterocycles. The van der Waals surface area contributed by atoms with E-state index in [0.29, 0.717) is 11.2 Å². The first kappa shape index (κ1) is 13.9. The zero-order chi connectivity index (χ0) is 13.8. The van der Waals surface area contributed by atoms with E-state index in [1.54, 1.807) is 0 Å². The van der Waals surface area contributed by atoms with Crippen molar-refractivity contribution < 1.29 is 4.74 Å². The third-order valence-corrected chi connectivity index (χ3v) is 6.37. The van der Waals surface area contributed by atoms with Crippen LogP contribution in [0.4, 0.5) is 0 Å². The van der Waals surface area contributed by atoms with Crippen molar-refractivity contribution in [3.8, 4) is 5.75 Å². The van der Waals surface area contributed by atoms with Gasteiger partial charge in [0.05, 0.1) is 4.58 Å². The van der Waals surface area contributed by atoms with Crippen molar-refractivity contribution >= 4 is 23.5 Å². The fourth-order valence-electron chi connectivity index (χ4n) is 2.24. The summed E-state index contributed by atoms with van der Waals surface area (Å²) in [5, 5.41) is 0. The number of hydrogen-bond donors (Lipinski definition) is 0. The molecule has 0 unspecified atom stereocenters. The zero-order valence-electron chi connectivity index (χ0n) is 11.5. The number of benzene rings is 2. The highest BCUT2D eigenvalue weighted by atomic mass is 32.2. The lowest BCUT2D eigenvalue weighted by Crippen LogP contribution is -1.96. The molecule has 1 nitrogen and oxygen atoms in total. The maximum atomic E-state index is 5.85. The molecule has 1 saturated heterocycles. The van der Waals surface area contributed by atoms with Crippen molar-refractivity contribution in [2.45, 2.75) is 18.1 Å². The zero-order valence-corrected chi connectivity index (χ0v) is 13.2. The van der Waals surface area contributed by atoms with Crippen LogP contribution in [-0.2, 0) is 6.61 Å². The number of hydrogen-bond acceptors (Lipinski definition) is 3. The van der Waals surface area contributed by atoms with Crippen molar-refractivity contribution in [2.75, 3.05) is 11.5 Å². The smallest absolute Gasteiger partial charge is 0.119 e. The first-order valence-corrected chi connectivity index (χ1v) is 8.92. The van der Waals surface area contributed by atoms with Gasteiger partial charge in [-0.1, -0.05) is 42.0 Å². The Bertz CT molecular complexity index is 559. The van der Waals surface area contributed by atoms with Crippen molar-refractivity contribution in [3.05, 3.63) is 65.2 Å². The molecule has 0 amide bonds. The first-order valence-electron chi connectivity index (χ1n) is 6.83. The second-order valence-corrected chi connectivity index (χ2v) is 7.64. The Labute approximate surface area is 129 Å². The number of aryl methyl sites for hydroxylation is 1. The van der Waals surface area contributed by atoms with Gasteiger partial charge in [0, 0.05) is 11.5 Å². The van der Waals surface area contributed by atoms with Crippen LogP contribution in [0.2, 0.25) is 0 Å². The number of ether oxygens (including phenoxy) is 1. The predicted molar refractivity (Wildman–Crippen MR) is 89.6 cm³/mol. The van der Waals surface area contributed by atoms with Gasteiger partial charge in [0.2, 0.25) is 0 Å². The van der Waals surface area contributed by atoms with E-state index >= 15 is 0 Å². The van der Waals surface area contributed by atoms with Crippen LogP contribution in [0.15, 0.2) is 48.5 Å². The van der Waals surface area contributed by atoms with Crippen molar-refractivity contribution in [3.63, 3.8) is 0 Å². The molecule has 2 aromatic carbocycles. The lowest BCUT2D eigenvalue weighted by atomic mass is 10.1. The van der Waals surface area contributed by atoms with E-state index < -0.39 is 0 Å². The van der Waals surface area contributed by atoms with Crippen LogP contribution in [-0.4, -0.2) is 11.5 Å². The van der Waals surface area contributed by atoms with Gasteiger partial charge in [0.1, 0.15) is 12.4 Å². The summed E-state index contributed by atoms with van der Waals surface area (Å²) < 4.78 is 6.46. The average molecular weight is 302 g/mol. The third kappa shape index (κ3) is 3.53. The second kappa shape index (κ2) is 6.59. The molecule has 0 spiro atoms. The van der Waals surface area contributed by atoms with E-state index in [4.69, 9.17) is 4.74 Å². The van der Waals surface area contributed by atoms with Crippen LogP contribution in [0.1, 0.15) is 21.3 Å². The van der Waals surface area contributed by atoms with Crippen LogP contribution in [0.3, 0.4) is 0 Å². The van der Waals surface area contributed by atoms with E-state index in [1.807, 2.05) is 23.5 Å². The molecule has 0 bridgehead atoms. The van der Waals surface area contributed by atoms with Crippen molar-refractivity contribution in [2.24, 2.45) is 0 Å². The van der Waals surface area contributed by atoms with Gasteiger partial charge < -0.3 is 4.74 Å². The van der Waals surface area contributed by atoms with Gasteiger partial charge in [0.25, 0.3) is 0 Å². The highest BCUT2D eigenvalue weighted by Gasteiger charge is 2.17. The molecule has 0 N–H and O–H groups in total. The third-order valence-electron chi connectivity index (χ3n) is 3.26. The van der Waals surface area contributed by atoms with Gasteiger partial charge in [-0.05, 0) is 30.2 Å². The van der Waals surface area contributed by atoms with Crippen LogP contribution >= 0.6 is 23.5 Å². The quantitative estimate of drug-likeness (QED) is 0.782. The summed E-state index contributed by atoms with van der Waals surface area (Å²) in [7, 11) is 0. The van der Waals surface area contributed by atoms with Gasteiger partial charge in [-0.15, -0.1) is 23.5 Å². The van der Waals surface area contributed by atoms with E-state index in [2.05, 4.69) is 55.5 Å². The first-order chi connectivity index (χ1) is 9.81. The summed E-state index contributed by atoms with van der Waals surface area (Å²) in [6.07, 6.45) is 0. The lowest BCUT2D eigenvalue weighted by molar-refractivity contribution is 0.306. The molecule has 104 valence electrons. The standard InChI is InChI=1S/C17H18OS2/c1-13-3-2-4-14(11-13)12-18-16-7-5-15(6-8-16)17-19-9-10-20-17/h2-8,11,17H,9-10,12H2,1H3. The highest BCUT2D eigenvalue weighted by Crippen LogP contribution is 2.45. The molecule has 0 atom stereocenters. The number of rotatable bonds is 4. The average Bonchev–Trinajstić information content (AvgIpc) is 3.00. The Hall–Kier alpha value is -1.06. The Balaban J connectivity index is 1.60. The van der Waals surface area contributed by atoms with E-state index in [0.717, 1.165) is 5.75 Å². The van der Waals surface area contributed by atoms with Gasteiger partial charge in [-0.2, -0.15) is 0 Å². The maximum absolute atomic E-state index is 5.85. The molecule has 0 aromatic heterocycles. The summed E-state index contributed by atoms with van der Waals surface area (Å²) in [4.78, 5) is 0. The molecular formula is C17H18OS2. The normalized spacial score (nSPS) is 15.4. The Kier molecular flexibility index (Phi) is 4.58. The highest BCUT2D eigenvalue weighted by molar-refractivity contribution is 8.19. The minimum Gasteiger partial charge on any atom is -0.489 e. The molecule has 3 heteroatoms. The van der Waals surface area contributed by atoms with Crippen molar-refractivity contribution in [1.29, 1.82) is 0 Å². The van der Waals surface area contributed by atoms with E-state index in [-0.39, 0.29) is 0 Å². The molecule has 1 aliphatic rings. The van der Waals surface area contributed by atoms with Crippen LogP contribution in [0.5, 0.6) is 5.75 Å². The van der Waals surface area contributed by atoms with Gasteiger partial charge >= 0.3 is 0 Å². The molecule has 0 aliphatic carbocycles. The fourth-order valence-corrected chi connectivity index (χ4v) is 5.10. The molecular weight excluding hydrogens is 284 g/mol. The minimum atomic E-state index is 0.612. The molecule has 20 heavy (non-hydrogen) atoms. The monoisotopic (exact) mass is 302 g/mol. The fraction of sp³-hybridized carbons (Fsp3) is 0.294. The van der Waals surface area contributed by atoms with Gasteiger partial charge in [-0.3, -0.25) is 0 Å². The summed E-state index contributed by atoms with van der Waals surface area (Å²) >= 11 is 4.07. The Morgan fingerprint density at radius 1 is 1.05 bits per heavy atom. The van der Waals surface area contributed by atoms with Crippen LogP contribution in [0.25, 0.3) is 0 Å². The summed E-state index contributed by atoms with van der Waals surface area (Å²) in [6, 6.07) is 17.0. The van der Waals surface area contributed by atoms with Crippen LogP contribution < -0.4 is 4.74 Å². The Morgan fingerprint density at radius 2 is 1.80 bits per heavy atom. The van der Waals surface area contributed by atoms with Gasteiger partial charge in [-0.25, -0.2) is 0 Å².